The van der Waals surface area contributed by atoms with Crippen molar-refractivity contribution in [1.29, 1.82) is 0 Å². The largest absolute Gasteiger partial charge is 0.504 e. The van der Waals surface area contributed by atoms with Crippen LogP contribution in [0, 0.1) is 11.8 Å². The summed E-state index contributed by atoms with van der Waals surface area (Å²) in [5, 5.41) is 53.0. The minimum atomic E-state index is -4.67. The molecule has 71 heavy (non-hydrogen) atoms. The molecule has 3 spiro atoms. The highest BCUT2D eigenvalue weighted by Crippen LogP contribution is 2.66. The van der Waals surface area contributed by atoms with E-state index >= 15 is 0 Å². The Bertz CT molecular complexity index is 2780. The molecule has 14 atom stereocenters. The van der Waals surface area contributed by atoms with Crippen LogP contribution in [0.2, 0.25) is 0 Å². The van der Waals surface area contributed by atoms with Gasteiger partial charge in [-0.25, -0.2) is 0 Å². The van der Waals surface area contributed by atoms with E-state index in [0.29, 0.717) is 59.8 Å². The van der Waals surface area contributed by atoms with Gasteiger partial charge in [0.1, 0.15) is 24.4 Å². The predicted molar refractivity (Wildman–Crippen MR) is 260 cm³/mol. The number of ketones is 1. The van der Waals surface area contributed by atoms with Gasteiger partial charge < -0.3 is 59.2 Å². The Morgan fingerprint density at radius 2 is 1.13 bits per heavy atom. The quantitative estimate of drug-likeness (QED) is 0.137. The summed E-state index contributed by atoms with van der Waals surface area (Å²) < 4.78 is 55.4. The number of rotatable bonds is 1. The fourth-order valence-corrected chi connectivity index (χ4v) is 16.2. The van der Waals surface area contributed by atoms with Gasteiger partial charge in [0.05, 0.1) is 18.1 Å². The Morgan fingerprint density at radius 1 is 0.648 bits per heavy atom. The first-order valence-electron chi connectivity index (χ1n) is 24.5. The van der Waals surface area contributed by atoms with Gasteiger partial charge in [0.15, 0.2) is 46.4 Å². The maximum atomic E-state index is 12.7. The molecule has 4 fully saturated rings. The third-order valence-corrected chi connectivity index (χ3v) is 19.0. The average molecular weight is 1020 g/mol. The zero-order valence-electron chi connectivity index (χ0n) is 40.0. The van der Waals surface area contributed by atoms with Crippen molar-refractivity contribution in [1.82, 2.24) is 14.7 Å². The number of benzene rings is 3. The fraction of sp³-hybridized carbons (Fsp3) is 0.558. The molecule has 6 heterocycles. The van der Waals surface area contributed by atoms with Crippen molar-refractivity contribution in [2.75, 3.05) is 47.9 Å². The Labute approximate surface area is 418 Å². The lowest BCUT2D eigenvalue weighted by Gasteiger charge is -2.62. The topological polar surface area (TPSA) is 239 Å². The van der Waals surface area contributed by atoms with Crippen molar-refractivity contribution in [2.45, 2.75) is 122 Å². The molecule has 6 aliphatic heterocycles. The third kappa shape index (κ3) is 6.51. The molecule has 12 aliphatic rings. The minimum Gasteiger partial charge on any atom is -0.504 e. The maximum Gasteiger partial charge on any atom is 0.394 e. The summed E-state index contributed by atoms with van der Waals surface area (Å²) >= 11 is 0. The number of nitrogens with zero attached hydrogens (tertiary/aromatic N) is 3. The first-order valence-corrected chi connectivity index (χ1v) is 25.9. The highest BCUT2D eigenvalue weighted by atomic mass is 35.5. The fourth-order valence-electron chi connectivity index (χ4n) is 16.2. The standard InChI is InChI=1S/C18H21NO4.2C17H19NO3.ClH.H2O4S/c1-19-8-7-17-14-10-3-4-12(22-2)15(14)23-16(17)11(20)5-6-18(17,21)13(19)9-10;2*1-18-7-6-17-10-3-5-13(20)16(17)21-15-12(19)4-2-9(14(15)17)8-11(10)18;;1-5(2,3)4/h3-4,13,16,21H,5-9H2,1-2H3;2*2-5,10-11,13,16,19-20H,6-8H2,1H3;1H;(H2,1,2,3,4)/t13-,16+,17+,18-;2*10-,11+,13-,16-,17-;;/m100../s1. The number of Topliss-reactive ketones (excluding diaryl/α,β-unsaturated/α-hetero) is 1. The van der Waals surface area contributed by atoms with Gasteiger partial charge in [0, 0.05) is 63.9 Å². The molecule has 3 saturated heterocycles. The number of piperidine rings is 3. The summed E-state index contributed by atoms with van der Waals surface area (Å²) in [7, 11) is 3.41. The molecule has 3 aromatic rings. The number of likely N-dealkylation sites (tertiary alicyclic amines) is 3. The maximum absolute atomic E-state index is 12.7. The first kappa shape index (κ1) is 48.8. The molecule has 0 unspecified atom stereocenters. The summed E-state index contributed by atoms with van der Waals surface area (Å²) in [6.45, 7) is 2.89. The molecule has 6 aliphatic carbocycles. The van der Waals surface area contributed by atoms with Crippen LogP contribution in [0.1, 0.15) is 65.5 Å². The number of aliphatic hydroxyl groups is 3. The van der Waals surface area contributed by atoms with Crippen molar-refractivity contribution >= 4 is 28.6 Å². The van der Waals surface area contributed by atoms with Gasteiger partial charge in [-0.2, -0.15) is 8.42 Å². The van der Waals surface area contributed by atoms with Gasteiger partial charge in [0.2, 0.25) is 0 Å². The molecule has 382 valence electrons. The number of methoxy groups -OCH3 is 1. The number of phenolic OH excluding ortho intramolecular Hbond substituents is 2. The average Bonchev–Trinajstić information content (AvgIpc) is 3.99. The number of hydrogen-bond acceptors (Lipinski definition) is 15. The van der Waals surface area contributed by atoms with E-state index in [9.17, 15) is 30.3 Å². The first-order chi connectivity index (χ1) is 33.3. The molecule has 0 amide bonds. The highest BCUT2D eigenvalue weighted by Gasteiger charge is 2.73. The number of ether oxygens (including phenoxy) is 4. The lowest BCUT2D eigenvalue weighted by Crippen LogP contribution is -2.76. The van der Waals surface area contributed by atoms with E-state index in [1.165, 1.54) is 27.8 Å². The molecular weight excluding hydrogens is 958 g/mol. The second kappa shape index (κ2) is 16.5. The van der Waals surface area contributed by atoms with E-state index in [4.69, 9.17) is 36.5 Å². The molecule has 7 N–H and O–H groups in total. The second-order valence-electron chi connectivity index (χ2n) is 21.7. The number of hydrogen-bond donors (Lipinski definition) is 7. The normalized spacial score (nSPS) is 39.1. The summed E-state index contributed by atoms with van der Waals surface area (Å²) in [5.74, 6) is 3.85. The highest BCUT2D eigenvalue weighted by molar-refractivity contribution is 7.79. The lowest BCUT2D eigenvalue weighted by atomic mass is 9.49. The SMILES string of the molecule is CN1CC[C@]23c4c5ccc(O)c4O[C@H]2[C@@H](O)C=C[C@H]3[C@H]1C5.CN1CC[C@]23c4c5ccc(O)c4O[C@H]2[C@@H](O)C=C[C@H]3[C@H]1C5.COc1ccc2c3c1O[C@H]1C(=O)CC[C@@]4(O)[C@@H](C2)N(C)CC[C@]314.Cl.O=S(=O)(O)O. The molecule has 0 aromatic heterocycles. The van der Waals surface area contributed by atoms with E-state index < -0.39 is 39.7 Å². The summed E-state index contributed by atoms with van der Waals surface area (Å²) in [5.41, 5.74) is 5.32. The summed E-state index contributed by atoms with van der Waals surface area (Å²) in [4.78, 5) is 19.8. The van der Waals surface area contributed by atoms with Crippen LogP contribution < -0.4 is 18.9 Å². The van der Waals surface area contributed by atoms with Gasteiger partial charge in [-0.3, -0.25) is 13.9 Å². The van der Waals surface area contributed by atoms with Gasteiger partial charge in [-0.15, -0.1) is 12.4 Å². The van der Waals surface area contributed by atoms with Crippen molar-refractivity contribution in [3.8, 4) is 34.5 Å². The Morgan fingerprint density at radius 3 is 1.63 bits per heavy atom. The second-order valence-corrected chi connectivity index (χ2v) is 22.6. The van der Waals surface area contributed by atoms with E-state index in [-0.39, 0.29) is 58.8 Å². The van der Waals surface area contributed by atoms with Crippen LogP contribution in [-0.2, 0) is 50.7 Å². The smallest absolute Gasteiger partial charge is 0.394 e. The van der Waals surface area contributed by atoms with Crippen LogP contribution >= 0.6 is 12.4 Å². The molecule has 0 radical (unpaired) electrons. The van der Waals surface area contributed by atoms with Crippen molar-refractivity contribution < 1.29 is 66.8 Å². The van der Waals surface area contributed by atoms with Crippen LogP contribution in [0.4, 0.5) is 0 Å². The molecule has 3 aromatic carbocycles. The number of halogens is 1. The molecule has 17 nitrogen and oxygen atoms in total. The number of aromatic hydroxyl groups is 2. The van der Waals surface area contributed by atoms with Crippen LogP contribution in [0.3, 0.4) is 0 Å². The number of likely N-dealkylation sites (N-methyl/N-ethyl adjacent to an activating group) is 3. The number of carbonyl (C=O) groups is 1. The van der Waals surface area contributed by atoms with Crippen LogP contribution in [0.5, 0.6) is 34.5 Å². The van der Waals surface area contributed by atoms with Crippen LogP contribution in [0.25, 0.3) is 0 Å². The molecular formula is C52H62ClN3O14S. The molecule has 15 rings (SSSR count). The number of aliphatic hydroxyl groups excluding tert-OH is 2. The molecule has 19 heteroatoms. The molecule has 1 saturated carbocycles. The van der Waals surface area contributed by atoms with E-state index in [1.54, 1.807) is 19.2 Å². The van der Waals surface area contributed by atoms with E-state index in [2.05, 4.69) is 54.1 Å². The van der Waals surface area contributed by atoms with Gasteiger partial charge in [-0.1, -0.05) is 42.5 Å². The Balaban J connectivity index is 0.000000110. The zero-order chi connectivity index (χ0) is 49.2. The van der Waals surface area contributed by atoms with Gasteiger partial charge >= 0.3 is 10.4 Å². The number of carbonyl (C=O) groups excluding carboxylic acids is 1. The van der Waals surface area contributed by atoms with Gasteiger partial charge in [0.25, 0.3) is 0 Å². The zero-order valence-corrected chi connectivity index (χ0v) is 41.6. The Kier molecular flexibility index (Phi) is 11.3. The Hall–Kier alpha value is -4.47. The van der Waals surface area contributed by atoms with Crippen molar-refractivity contribution in [2.24, 2.45) is 11.8 Å². The van der Waals surface area contributed by atoms with Crippen LogP contribution in [0.15, 0.2) is 60.7 Å². The third-order valence-electron chi connectivity index (χ3n) is 19.0. The van der Waals surface area contributed by atoms with E-state index in [1.807, 2.05) is 30.4 Å². The van der Waals surface area contributed by atoms with Gasteiger partial charge in [-0.05, 0) is 121 Å². The lowest BCUT2D eigenvalue weighted by molar-refractivity contribution is -0.185. The molecule has 6 bridgehead atoms. The monoisotopic (exact) mass is 1020 g/mol. The summed E-state index contributed by atoms with van der Waals surface area (Å²) in [6, 6.07) is 12.5. The predicted octanol–water partition coefficient (Wildman–Crippen LogP) is 3.21. The summed E-state index contributed by atoms with van der Waals surface area (Å²) in [6.07, 6.45) is 12.2. The van der Waals surface area contributed by atoms with Crippen molar-refractivity contribution in [3.63, 3.8) is 0 Å². The van der Waals surface area contributed by atoms with Crippen molar-refractivity contribution in [3.05, 3.63) is 94.1 Å². The van der Waals surface area contributed by atoms with E-state index in [0.717, 1.165) is 63.7 Å². The minimum absolute atomic E-state index is 0. The number of phenols is 2. The van der Waals surface area contributed by atoms with Crippen LogP contribution in [-0.4, -0.2) is 166 Å².